The Morgan fingerprint density at radius 1 is 1.04 bits per heavy atom. The van der Waals surface area contributed by atoms with Gasteiger partial charge in [0.2, 0.25) is 11.8 Å². The van der Waals surface area contributed by atoms with Gasteiger partial charge >= 0.3 is 6.18 Å². The lowest BCUT2D eigenvalue weighted by Crippen LogP contribution is -2.32. The van der Waals surface area contributed by atoms with Crippen LogP contribution in [0.2, 0.25) is 0 Å². The third-order valence-electron chi connectivity index (χ3n) is 4.31. The van der Waals surface area contributed by atoms with Crippen molar-refractivity contribution in [2.75, 3.05) is 16.8 Å². The topological polar surface area (TPSA) is 49.4 Å². The first-order valence-corrected chi connectivity index (χ1v) is 8.93. The number of benzene rings is 2. The van der Waals surface area contributed by atoms with E-state index in [4.69, 9.17) is 0 Å². The second-order valence-electron chi connectivity index (χ2n) is 6.76. The highest BCUT2D eigenvalue weighted by Crippen LogP contribution is 2.30. The number of rotatable bonds is 6. The quantitative estimate of drug-likeness (QED) is 0.734. The smallest absolute Gasteiger partial charge is 0.326 e. The molecular formula is C21H23F3N2O2. The van der Waals surface area contributed by atoms with Gasteiger partial charge in [-0.3, -0.25) is 9.59 Å². The zero-order valence-corrected chi connectivity index (χ0v) is 16.0. The molecule has 0 aliphatic heterocycles. The van der Waals surface area contributed by atoms with E-state index in [2.05, 4.69) is 5.32 Å². The van der Waals surface area contributed by atoms with E-state index in [0.29, 0.717) is 11.4 Å². The van der Waals surface area contributed by atoms with Crippen molar-refractivity contribution >= 4 is 23.2 Å². The Balaban J connectivity index is 2.06. The number of anilines is 2. The standard InChI is InChI=1S/C21H23F3N2O2/c1-14(2)18-6-4-5-7-19(18)25-20(28)12-13-26(15(3)27)17-10-8-16(9-11-17)21(22,23)24/h4-11,14H,12-13H2,1-3H3,(H,25,28). The van der Waals surface area contributed by atoms with Crippen molar-refractivity contribution in [3.63, 3.8) is 0 Å². The van der Waals surface area contributed by atoms with Crippen LogP contribution in [0.1, 0.15) is 44.2 Å². The Hall–Kier alpha value is -2.83. The molecule has 2 aromatic rings. The van der Waals surface area contributed by atoms with E-state index in [1.807, 2.05) is 38.1 Å². The highest BCUT2D eigenvalue weighted by atomic mass is 19.4. The lowest BCUT2D eigenvalue weighted by Gasteiger charge is -2.22. The minimum Gasteiger partial charge on any atom is -0.326 e. The minimum atomic E-state index is -4.44. The molecule has 0 radical (unpaired) electrons. The summed E-state index contributed by atoms with van der Waals surface area (Å²) < 4.78 is 38.1. The van der Waals surface area contributed by atoms with Crippen LogP contribution in [-0.4, -0.2) is 18.4 Å². The molecule has 0 saturated carbocycles. The number of amides is 2. The van der Waals surface area contributed by atoms with Crippen molar-refractivity contribution in [3.8, 4) is 0 Å². The number of halogens is 3. The maximum atomic E-state index is 12.7. The van der Waals surface area contributed by atoms with Crippen molar-refractivity contribution in [2.45, 2.75) is 39.3 Å². The molecular weight excluding hydrogens is 369 g/mol. The van der Waals surface area contributed by atoms with Crippen LogP contribution in [0.25, 0.3) is 0 Å². The predicted molar refractivity (Wildman–Crippen MR) is 103 cm³/mol. The largest absolute Gasteiger partial charge is 0.416 e. The molecule has 0 atom stereocenters. The number of carbonyl (C=O) groups is 2. The molecule has 0 aromatic heterocycles. The van der Waals surface area contributed by atoms with Gasteiger partial charge in [-0.2, -0.15) is 13.2 Å². The van der Waals surface area contributed by atoms with Gasteiger partial charge in [0.15, 0.2) is 0 Å². The summed E-state index contributed by atoms with van der Waals surface area (Å²) >= 11 is 0. The number of hydrogen-bond acceptors (Lipinski definition) is 2. The average molecular weight is 392 g/mol. The van der Waals surface area contributed by atoms with Gasteiger partial charge < -0.3 is 10.2 Å². The average Bonchev–Trinajstić information content (AvgIpc) is 2.61. The molecule has 28 heavy (non-hydrogen) atoms. The summed E-state index contributed by atoms with van der Waals surface area (Å²) in [7, 11) is 0. The van der Waals surface area contributed by atoms with E-state index >= 15 is 0 Å². The maximum absolute atomic E-state index is 12.7. The molecule has 0 spiro atoms. The normalized spacial score (nSPS) is 11.4. The molecule has 2 rings (SSSR count). The van der Waals surface area contributed by atoms with Crippen LogP contribution < -0.4 is 10.2 Å². The van der Waals surface area contributed by atoms with Gasteiger partial charge in [0.05, 0.1) is 5.56 Å². The monoisotopic (exact) mass is 392 g/mol. The maximum Gasteiger partial charge on any atom is 0.416 e. The fraction of sp³-hybridized carbons (Fsp3) is 0.333. The van der Waals surface area contributed by atoms with E-state index in [1.54, 1.807) is 0 Å². The SMILES string of the molecule is CC(=O)N(CCC(=O)Nc1ccccc1C(C)C)c1ccc(C(F)(F)F)cc1. The number of carbonyl (C=O) groups excluding carboxylic acids is 2. The highest BCUT2D eigenvalue weighted by molar-refractivity contribution is 5.95. The van der Waals surface area contributed by atoms with Crippen LogP contribution in [0, 0.1) is 0 Å². The Morgan fingerprint density at radius 2 is 1.64 bits per heavy atom. The molecule has 2 aromatic carbocycles. The highest BCUT2D eigenvalue weighted by Gasteiger charge is 2.30. The summed E-state index contributed by atoms with van der Waals surface area (Å²) in [5.74, 6) is -0.390. The molecule has 7 heteroatoms. The van der Waals surface area contributed by atoms with Crippen molar-refractivity contribution in [2.24, 2.45) is 0 Å². The zero-order valence-electron chi connectivity index (χ0n) is 16.0. The van der Waals surface area contributed by atoms with Gasteiger partial charge in [-0.15, -0.1) is 0 Å². The molecule has 0 heterocycles. The van der Waals surface area contributed by atoms with Gasteiger partial charge in [0.25, 0.3) is 0 Å². The first kappa shape index (κ1) is 21.5. The second-order valence-corrected chi connectivity index (χ2v) is 6.76. The molecule has 4 nitrogen and oxygen atoms in total. The lowest BCUT2D eigenvalue weighted by molar-refractivity contribution is -0.137. The third kappa shape index (κ3) is 5.58. The summed E-state index contributed by atoms with van der Waals surface area (Å²) in [4.78, 5) is 25.5. The number of hydrogen-bond donors (Lipinski definition) is 1. The Bertz CT molecular complexity index is 830. The van der Waals surface area contributed by atoms with Gasteiger partial charge in [-0.1, -0.05) is 32.0 Å². The molecule has 2 amide bonds. The summed E-state index contributed by atoms with van der Waals surface area (Å²) in [6.07, 6.45) is -4.42. The van der Waals surface area contributed by atoms with Crippen LogP contribution in [0.3, 0.4) is 0 Å². The Kier molecular flexibility index (Phi) is 6.83. The molecule has 1 N–H and O–H groups in total. The van der Waals surface area contributed by atoms with Crippen LogP contribution in [0.15, 0.2) is 48.5 Å². The fourth-order valence-electron chi connectivity index (χ4n) is 2.84. The molecule has 0 unspecified atom stereocenters. The zero-order chi connectivity index (χ0) is 20.9. The van der Waals surface area contributed by atoms with Gasteiger partial charge in [0.1, 0.15) is 0 Å². The fourth-order valence-corrected chi connectivity index (χ4v) is 2.84. The summed E-state index contributed by atoms with van der Waals surface area (Å²) in [5, 5.41) is 2.84. The van der Waals surface area contributed by atoms with Crippen molar-refractivity contribution in [1.82, 2.24) is 0 Å². The summed E-state index contributed by atoms with van der Waals surface area (Å²) in [6.45, 7) is 5.42. The predicted octanol–water partition coefficient (Wildman–Crippen LogP) is 5.21. The first-order chi connectivity index (χ1) is 13.1. The Labute approximate surface area is 162 Å². The first-order valence-electron chi connectivity index (χ1n) is 8.93. The van der Waals surface area contributed by atoms with Gasteiger partial charge in [0, 0.05) is 31.3 Å². The van der Waals surface area contributed by atoms with Gasteiger partial charge in [-0.25, -0.2) is 0 Å². The third-order valence-corrected chi connectivity index (χ3v) is 4.31. The summed E-state index contributed by atoms with van der Waals surface area (Å²) in [5.41, 5.74) is 1.24. The molecule has 0 aliphatic rings. The van der Waals surface area contributed by atoms with Crippen molar-refractivity contribution < 1.29 is 22.8 Å². The summed E-state index contributed by atoms with van der Waals surface area (Å²) in [6, 6.07) is 11.8. The minimum absolute atomic E-state index is 0.0209. The number of nitrogens with zero attached hydrogens (tertiary/aromatic N) is 1. The number of nitrogens with one attached hydrogen (secondary N) is 1. The van der Waals surface area contributed by atoms with Crippen LogP contribution in [0.5, 0.6) is 0 Å². The number of para-hydroxylation sites is 1. The molecule has 0 bridgehead atoms. The molecule has 0 fully saturated rings. The lowest BCUT2D eigenvalue weighted by atomic mass is 10.0. The van der Waals surface area contributed by atoms with Crippen LogP contribution in [-0.2, 0) is 15.8 Å². The molecule has 150 valence electrons. The second kappa shape index (κ2) is 8.91. The van der Waals surface area contributed by atoms with E-state index in [-0.39, 0.29) is 30.7 Å². The van der Waals surface area contributed by atoms with E-state index < -0.39 is 11.7 Å². The molecule has 0 aliphatic carbocycles. The van der Waals surface area contributed by atoms with Crippen LogP contribution in [0.4, 0.5) is 24.5 Å². The van der Waals surface area contributed by atoms with E-state index in [9.17, 15) is 22.8 Å². The van der Waals surface area contributed by atoms with E-state index in [1.165, 1.54) is 24.0 Å². The van der Waals surface area contributed by atoms with Crippen LogP contribution >= 0.6 is 0 Å². The van der Waals surface area contributed by atoms with Crippen molar-refractivity contribution in [1.29, 1.82) is 0 Å². The van der Waals surface area contributed by atoms with Crippen molar-refractivity contribution in [3.05, 3.63) is 59.7 Å². The Morgan fingerprint density at radius 3 is 2.18 bits per heavy atom. The van der Waals surface area contributed by atoms with Gasteiger partial charge in [-0.05, 0) is 41.8 Å². The molecule has 0 saturated heterocycles. The van der Waals surface area contributed by atoms with E-state index in [0.717, 1.165) is 17.7 Å². The number of alkyl halides is 3.